The number of anilines is 1. The van der Waals surface area contributed by atoms with Crippen LogP contribution >= 0.6 is 0 Å². The predicted octanol–water partition coefficient (Wildman–Crippen LogP) is 5.07. The lowest BCUT2D eigenvalue weighted by molar-refractivity contribution is -0.137. The molecule has 3 rings (SSSR count). The van der Waals surface area contributed by atoms with Crippen molar-refractivity contribution in [2.75, 3.05) is 18.4 Å². The minimum absolute atomic E-state index is 0.0740. The summed E-state index contributed by atoms with van der Waals surface area (Å²) >= 11 is 0. The molecule has 0 fully saturated rings. The first kappa shape index (κ1) is 21.8. The standard InChI is InChI=1S/C24H30N2O4/c1-2-3-4-5-6-7-15-25-20-14-13-19-22-17(20)10-8-11-18(22)23(29)26(24(19)30)16-9-12-21(27)28/h8,10-11,13-14,25H,2-7,9,12,15-16H2,1H3,(H,27,28). The van der Waals surface area contributed by atoms with Crippen LogP contribution in [-0.2, 0) is 4.79 Å². The molecular weight excluding hydrogens is 380 g/mol. The van der Waals surface area contributed by atoms with E-state index >= 15 is 0 Å². The number of carbonyl (C=O) groups excluding carboxylic acids is 2. The van der Waals surface area contributed by atoms with Crippen LogP contribution < -0.4 is 5.32 Å². The Hall–Kier alpha value is -2.89. The molecule has 2 N–H and O–H groups in total. The van der Waals surface area contributed by atoms with Crippen LogP contribution in [0, 0.1) is 0 Å². The van der Waals surface area contributed by atoms with Crippen LogP contribution in [0.2, 0.25) is 0 Å². The van der Waals surface area contributed by atoms with Crippen LogP contribution in [0.5, 0.6) is 0 Å². The lowest BCUT2D eigenvalue weighted by atomic mass is 9.93. The van der Waals surface area contributed by atoms with Gasteiger partial charge in [0.15, 0.2) is 0 Å². The van der Waals surface area contributed by atoms with Crippen LogP contribution in [-0.4, -0.2) is 40.9 Å². The fourth-order valence-corrected chi connectivity index (χ4v) is 4.02. The van der Waals surface area contributed by atoms with E-state index in [0.717, 1.165) is 24.0 Å². The van der Waals surface area contributed by atoms with Gasteiger partial charge in [0.1, 0.15) is 0 Å². The first-order chi connectivity index (χ1) is 14.5. The zero-order chi connectivity index (χ0) is 21.5. The number of rotatable bonds is 12. The van der Waals surface area contributed by atoms with E-state index in [1.807, 2.05) is 18.2 Å². The van der Waals surface area contributed by atoms with Crippen molar-refractivity contribution in [1.29, 1.82) is 0 Å². The SMILES string of the molecule is CCCCCCCCNc1ccc2c3c(cccc13)C(=O)N(CCCC(=O)O)C2=O. The molecule has 0 saturated heterocycles. The molecule has 0 bridgehead atoms. The number of benzene rings is 2. The van der Waals surface area contributed by atoms with Crippen LogP contribution in [0.3, 0.4) is 0 Å². The van der Waals surface area contributed by atoms with E-state index in [-0.39, 0.29) is 31.2 Å². The molecule has 1 heterocycles. The van der Waals surface area contributed by atoms with E-state index in [9.17, 15) is 14.4 Å². The number of carboxylic acid groups (broad SMARTS) is 1. The zero-order valence-electron chi connectivity index (χ0n) is 17.6. The van der Waals surface area contributed by atoms with Gasteiger partial charge >= 0.3 is 5.97 Å². The number of aliphatic carboxylic acids is 1. The first-order valence-corrected chi connectivity index (χ1v) is 10.9. The van der Waals surface area contributed by atoms with Gasteiger partial charge in [0.05, 0.1) is 0 Å². The largest absolute Gasteiger partial charge is 0.481 e. The summed E-state index contributed by atoms with van der Waals surface area (Å²) in [6.07, 6.45) is 7.51. The minimum Gasteiger partial charge on any atom is -0.481 e. The molecule has 0 radical (unpaired) electrons. The highest BCUT2D eigenvalue weighted by atomic mass is 16.4. The van der Waals surface area contributed by atoms with E-state index in [1.165, 1.54) is 37.0 Å². The monoisotopic (exact) mass is 410 g/mol. The Balaban J connectivity index is 1.74. The van der Waals surface area contributed by atoms with Crippen molar-refractivity contribution in [2.24, 2.45) is 0 Å². The van der Waals surface area contributed by atoms with Gasteiger partial charge in [-0.25, -0.2) is 0 Å². The Labute approximate surface area is 177 Å². The van der Waals surface area contributed by atoms with Crippen LogP contribution in [0.15, 0.2) is 30.3 Å². The molecule has 0 saturated carbocycles. The van der Waals surface area contributed by atoms with Crippen molar-refractivity contribution in [1.82, 2.24) is 4.90 Å². The molecule has 6 heteroatoms. The van der Waals surface area contributed by atoms with Gasteiger partial charge in [-0.3, -0.25) is 19.3 Å². The number of carboxylic acids is 1. The maximum absolute atomic E-state index is 12.9. The van der Waals surface area contributed by atoms with Crippen molar-refractivity contribution in [3.8, 4) is 0 Å². The summed E-state index contributed by atoms with van der Waals surface area (Å²) in [7, 11) is 0. The molecule has 0 unspecified atom stereocenters. The van der Waals surface area contributed by atoms with E-state index in [0.29, 0.717) is 16.5 Å². The summed E-state index contributed by atoms with van der Waals surface area (Å²) in [5, 5.41) is 13.9. The smallest absolute Gasteiger partial charge is 0.303 e. The van der Waals surface area contributed by atoms with Crippen molar-refractivity contribution < 1.29 is 19.5 Å². The third kappa shape index (κ3) is 4.81. The lowest BCUT2D eigenvalue weighted by Crippen LogP contribution is -2.41. The van der Waals surface area contributed by atoms with Crippen molar-refractivity contribution >= 4 is 34.2 Å². The summed E-state index contributed by atoms with van der Waals surface area (Å²) in [5.41, 5.74) is 1.94. The Kier molecular flexibility index (Phi) is 7.44. The van der Waals surface area contributed by atoms with Gasteiger partial charge in [0.2, 0.25) is 0 Å². The Bertz CT molecular complexity index is 916. The second kappa shape index (κ2) is 10.2. The number of hydrogen-bond acceptors (Lipinski definition) is 4. The zero-order valence-corrected chi connectivity index (χ0v) is 17.6. The Morgan fingerprint density at radius 3 is 2.37 bits per heavy atom. The second-order valence-electron chi connectivity index (χ2n) is 7.84. The number of imide groups is 1. The summed E-state index contributed by atoms with van der Waals surface area (Å²) in [4.78, 5) is 37.8. The summed E-state index contributed by atoms with van der Waals surface area (Å²) in [6.45, 7) is 3.18. The highest BCUT2D eigenvalue weighted by molar-refractivity contribution is 6.26. The van der Waals surface area contributed by atoms with Crippen LogP contribution in [0.25, 0.3) is 10.8 Å². The number of nitrogens with zero attached hydrogens (tertiary/aromatic N) is 1. The highest BCUT2D eigenvalue weighted by Crippen LogP contribution is 2.34. The van der Waals surface area contributed by atoms with Crippen LogP contribution in [0.4, 0.5) is 5.69 Å². The van der Waals surface area contributed by atoms with Gasteiger partial charge < -0.3 is 10.4 Å². The van der Waals surface area contributed by atoms with E-state index in [1.54, 1.807) is 12.1 Å². The topological polar surface area (TPSA) is 86.7 Å². The van der Waals surface area contributed by atoms with Crippen molar-refractivity contribution in [2.45, 2.75) is 58.3 Å². The Morgan fingerprint density at radius 2 is 1.63 bits per heavy atom. The van der Waals surface area contributed by atoms with E-state index in [2.05, 4.69) is 12.2 Å². The summed E-state index contributed by atoms with van der Waals surface area (Å²) in [5.74, 6) is -1.64. The molecule has 0 aliphatic carbocycles. The van der Waals surface area contributed by atoms with E-state index < -0.39 is 5.97 Å². The molecule has 1 aliphatic heterocycles. The molecular formula is C24H30N2O4. The Morgan fingerprint density at radius 1 is 0.933 bits per heavy atom. The quantitative estimate of drug-likeness (QED) is 0.377. The van der Waals surface area contributed by atoms with Gasteiger partial charge in [-0.15, -0.1) is 0 Å². The highest BCUT2D eigenvalue weighted by Gasteiger charge is 2.32. The summed E-state index contributed by atoms with van der Waals surface area (Å²) in [6, 6.07) is 9.19. The van der Waals surface area contributed by atoms with Gasteiger partial charge in [0.25, 0.3) is 11.8 Å². The fraction of sp³-hybridized carbons (Fsp3) is 0.458. The second-order valence-corrected chi connectivity index (χ2v) is 7.84. The van der Waals surface area contributed by atoms with Gasteiger partial charge in [-0.05, 0) is 31.0 Å². The third-order valence-electron chi connectivity index (χ3n) is 5.61. The normalized spacial score (nSPS) is 13.2. The number of nitrogens with one attached hydrogen (secondary N) is 1. The van der Waals surface area contributed by atoms with Gasteiger partial charge in [-0.1, -0.05) is 51.2 Å². The molecule has 2 amide bonds. The molecule has 6 nitrogen and oxygen atoms in total. The number of carbonyl (C=O) groups is 3. The number of unbranched alkanes of at least 4 members (excludes halogenated alkanes) is 5. The molecule has 1 aliphatic rings. The first-order valence-electron chi connectivity index (χ1n) is 10.9. The molecule has 0 spiro atoms. The molecule has 160 valence electrons. The molecule has 2 aromatic carbocycles. The number of hydrogen-bond donors (Lipinski definition) is 2. The van der Waals surface area contributed by atoms with Gasteiger partial charge in [-0.2, -0.15) is 0 Å². The molecule has 2 aromatic rings. The molecule has 30 heavy (non-hydrogen) atoms. The van der Waals surface area contributed by atoms with Crippen molar-refractivity contribution in [3.63, 3.8) is 0 Å². The maximum Gasteiger partial charge on any atom is 0.303 e. The lowest BCUT2D eigenvalue weighted by Gasteiger charge is -2.27. The molecule has 0 atom stereocenters. The fourth-order valence-electron chi connectivity index (χ4n) is 4.02. The third-order valence-corrected chi connectivity index (χ3v) is 5.61. The molecule has 0 aromatic heterocycles. The minimum atomic E-state index is -0.935. The van der Waals surface area contributed by atoms with Crippen LogP contribution in [0.1, 0.15) is 79.0 Å². The van der Waals surface area contributed by atoms with Crippen molar-refractivity contribution in [3.05, 3.63) is 41.5 Å². The van der Waals surface area contributed by atoms with Gasteiger partial charge in [0, 0.05) is 47.1 Å². The maximum atomic E-state index is 12.9. The van der Waals surface area contributed by atoms with E-state index in [4.69, 9.17) is 5.11 Å². The average molecular weight is 411 g/mol. The predicted molar refractivity (Wildman–Crippen MR) is 118 cm³/mol. The summed E-state index contributed by atoms with van der Waals surface area (Å²) < 4.78 is 0. The average Bonchev–Trinajstić information content (AvgIpc) is 2.74. The number of amides is 2.